The number of nitrogens with one attached hydrogen (secondary N) is 1. The van der Waals surface area contributed by atoms with Crippen molar-refractivity contribution < 1.29 is 9.53 Å². The van der Waals surface area contributed by atoms with E-state index < -0.39 is 6.10 Å². The summed E-state index contributed by atoms with van der Waals surface area (Å²) >= 11 is 5.82. The molecule has 112 valence electrons. The number of carbonyl (C=O) groups excluding carboxylic acids is 1. The van der Waals surface area contributed by atoms with Crippen molar-refractivity contribution in [1.29, 1.82) is 0 Å². The summed E-state index contributed by atoms with van der Waals surface area (Å²) in [4.78, 5) is 12.0. The van der Waals surface area contributed by atoms with Gasteiger partial charge in [-0.3, -0.25) is 4.79 Å². The van der Waals surface area contributed by atoms with Crippen LogP contribution in [0.25, 0.3) is 0 Å². The van der Waals surface area contributed by atoms with Crippen LogP contribution in [0.2, 0.25) is 5.02 Å². The van der Waals surface area contributed by atoms with Crippen molar-refractivity contribution >= 4 is 28.9 Å². The van der Waals surface area contributed by atoms with Gasteiger partial charge in [0.25, 0.3) is 5.91 Å². The third-order valence-corrected chi connectivity index (χ3v) is 3.12. The Morgan fingerprint density at radius 3 is 2.55 bits per heavy atom. The number of nitrogen functional groups attached to an aromatic ring is 1. The number of nitrogens with two attached hydrogens (primary N) is 1. The molecule has 1 aromatic carbocycles. The lowest BCUT2D eigenvalue weighted by Crippen LogP contribution is -2.31. The zero-order valence-corrected chi connectivity index (χ0v) is 13.2. The van der Waals surface area contributed by atoms with Crippen LogP contribution in [0.5, 0.6) is 0 Å². The number of rotatable bonds is 6. The Bertz CT molecular complexity index is 463. The zero-order chi connectivity index (χ0) is 15.3. The molecule has 20 heavy (non-hydrogen) atoms. The van der Waals surface area contributed by atoms with Gasteiger partial charge in [-0.15, -0.1) is 0 Å². The van der Waals surface area contributed by atoms with Gasteiger partial charge in [0.2, 0.25) is 0 Å². The van der Waals surface area contributed by atoms with Gasteiger partial charge in [0.15, 0.2) is 0 Å². The van der Waals surface area contributed by atoms with Crippen molar-refractivity contribution in [3.8, 4) is 0 Å². The number of halogens is 1. The fourth-order valence-electron chi connectivity index (χ4n) is 2.01. The van der Waals surface area contributed by atoms with E-state index in [1.165, 1.54) is 0 Å². The van der Waals surface area contributed by atoms with Crippen LogP contribution in [0.15, 0.2) is 18.2 Å². The molecular formula is C15H23ClN2O2. The number of carbonyl (C=O) groups is 1. The van der Waals surface area contributed by atoms with Gasteiger partial charge in [0.05, 0.1) is 17.5 Å². The minimum Gasteiger partial charge on any atom is -0.397 e. The standard InChI is InChI=1S/C15H23ClN2O2/c1-9(2)7-10(3)20-11(4)15(19)18-14-6-5-12(16)8-13(14)17/h5-6,8-11H,7,17H2,1-4H3,(H,18,19). The van der Waals surface area contributed by atoms with Crippen LogP contribution in [0, 0.1) is 5.92 Å². The summed E-state index contributed by atoms with van der Waals surface area (Å²) in [7, 11) is 0. The lowest BCUT2D eigenvalue weighted by molar-refractivity contribution is -0.129. The summed E-state index contributed by atoms with van der Waals surface area (Å²) in [5.41, 5.74) is 6.78. The van der Waals surface area contributed by atoms with Crippen LogP contribution in [-0.4, -0.2) is 18.1 Å². The van der Waals surface area contributed by atoms with E-state index in [0.29, 0.717) is 22.3 Å². The van der Waals surface area contributed by atoms with E-state index in [-0.39, 0.29) is 12.0 Å². The van der Waals surface area contributed by atoms with Gasteiger partial charge in [-0.05, 0) is 44.4 Å². The van der Waals surface area contributed by atoms with Gasteiger partial charge in [0.1, 0.15) is 6.10 Å². The predicted molar refractivity (Wildman–Crippen MR) is 84.0 cm³/mol. The van der Waals surface area contributed by atoms with Crippen molar-refractivity contribution in [2.45, 2.75) is 46.3 Å². The van der Waals surface area contributed by atoms with Gasteiger partial charge < -0.3 is 15.8 Å². The normalized spacial score (nSPS) is 14.1. The molecule has 1 rings (SSSR count). The summed E-state index contributed by atoms with van der Waals surface area (Å²) in [6.45, 7) is 7.96. The molecule has 0 saturated heterocycles. The topological polar surface area (TPSA) is 64.3 Å². The quantitative estimate of drug-likeness (QED) is 0.787. The molecule has 0 heterocycles. The highest BCUT2D eigenvalue weighted by atomic mass is 35.5. The fraction of sp³-hybridized carbons (Fsp3) is 0.533. The molecule has 1 aromatic rings. The highest BCUT2D eigenvalue weighted by Crippen LogP contribution is 2.23. The van der Waals surface area contributed by atoms with E-state index in [9.17, 15) is 4.79 Å². The molecule has 0 aliphatic carbocycles. The zero-order valence-electron chi connectivity index (χ0n) is 12.4. The smallest absolute Gasteiger partial charge is 0.253 e. The van der Waals surface area contributed by atoms with E-state index >= 15 is 0 Å². The van der Waals surface area contributed by atoms with E-state index in [1.54, 1.807) is 25.1 Å². The van der Waals surface area contributed by atoms with E-state index in [4.69, 9.17) is 22.1 Å². The predicted octanol–water partition coefficient (Wildman–Crippen LogP) is 3.70. The molecule has 0 aliphatic rings. The summed E-state index contributed by atoms with van der Waals surface area (Å²) < 4.78 is 5.68. The number of benzene rings is 1. The molecular weight excluding hydrogens is 276 g/mol. The number of amides is 1. The molecule has 2 unspecified atom stereocenters. The Hall–Kier alpha value is -1.26. The molecule has 0 saturated carbocycles. The Labute approximate surface area is 125 Å². The second-order valence-electron chi connectivity index (χ2n) is 5.44. The first-order chi connectivity index (χ1) is 9.29. The van der Waals surface area contributed by atoms with Gasteiger partial charge in [-0.25, -0.2) is 0 Å². The molecule has 0 bridgehead atoms. The second kappa shape index (κ2) is 7.50. The number of anilines is 2. The maximum absolute atomic E-state index is 12.0. The van der Waals surface area contributed by atoms with Crippen LogP contribution in [0.4, 0.5) is 11.4 Å². The van der Waals surface area contributed by atoms with Crippen molar-refractivity contribution in [1.82, 2.24) is 0 Å². The van der Waals surface area contributed by atoms with Crippen LogP contribution in [0.1, 0.15) is 34.1 Å². The van der Waals surface area contributed by atoms with Gasteiger partial charge in [0, 0.05) is 5.02 Å². The number of hydrogen-bond donors (Lipinski definition) is 2. The van der Waals surface area contributed by atoms with Crippen LogP contribution >= 0.6 is 11.6 Å². The molecule has 0 aliphatic heterocycles. The Morgan fingerprint density at radius 2 is 2.00 bits per heavy atom. The third-order valence-electron chi connectivity index (χ3n) is 2.88. The summed E-state index contributed by atoms with van der Waals surface area (Å²) in [6, 6.07) is 4.96. The minimum atomic E-state index is -0.529. The van der Waals surface area contributed by atoms with Crippen LogP contribution in [0.3, 0.4) is 0 Å². The van der Waals surface area contributed by atoms with Crippen molar-refractivity contribution in [3.05, 3.63) is 23.2 Å². The maximum Gasteiger partial charge on any atom is 0.253 e. The molecule has 2 atom stereocenters. The molecule has 0 fully saturated rings. The first-order valence-corrected chi connectivity index (χ1v) is 7.18. The van der Waals surface area contributed by atoms with Crippen LogP contribution < -0.4 is 11.1 Å². The van der Waals surface area contributed by atoms with Gasteiger partial charge >= 0.3 is 0 Å². The van der Waals surface area contributed by atoms with Gasteiger partial charge in [-0.2, -0.15) is 0 Å². The Morgan fingerprint density at radius 1 is 1.35 bits per heavy atom. The lowest BCUT2D eigenvalue weighted by Gasteiger charge is -2.20. The molecule has 3 N–H and O–H groups in total. The summed E-state index contributed by atoms with van der Waals surface area (Å²) in [5, 5.41) is 3.29. The molecule has 5 heteroatoms. The summed E-state index contributed by atoms with van der Waals surface area (Å²) in [6.07, 6.45) is 0.429. The largest absolute Gasteiger partial charge is 0.397 e. The first kappa shape index (κ1) is 16.8. The molecule has 0 aromatic heterocycles. The minimum absolute atomic E-state index is 0.0401. The highest BCUT2D eigenvalue weighted by molar-refractivity contribution is 6.31. The summed E-state index contributed by atoms with van der Waals surface area (Å²) in [5.74, 6) is 0.321. The number of hydrogen-bond acceptors (Lipinski definition) is 3. The van der Waals surface area contributed by atoms with Crippen molar-refractivity contribution in [2.24, 2.45) is 5.92 Å². The Kier molecular flexibility index (Phi) is 6.30. The molecule has 0 spiro atoms. The number of ether oxygens (including phenoxy) is 1. The third kappa shape index (κ3) is 5.39. The highest BCUT2D eigenvalue weighted by Gasteiger charge is 2.18. The van der Waals surface area contributed by atoms with Crippen molar-refractivity contribution in [3.63, 3.8) is 0 Å². The maximum atomic E-state index is 12.0. The van der Waals surface area contributed by atoms with E-state index in [2.05, 4.69) is 19.2 Å². The van der Waals surface area contributed by atoms with E-state index in [0.717, 1.165) is 6.42 Å². The molecule has 4 nitrogen and oxygen atoms in total. The Balaban J connectivity index is 2.57. The van der Waals surface area contributed by atoms with Crippen molar-refractivity contribution in [2.75, 3.05) is 11.1 Å². The monoisotopic (exact) mass is 298 g/mol. The second-order valence-corrected chi connectivity index (χ2v) is 5.88. The molecule has 0 radical (unpaired) electrons. The average molecular weight is 299 g/mol. The first-order valence-electron chi connectivity index (χ1n) is 6.81. The fourth-order valence-corrected chi connectivity index (χ4v) is 2.19. The lowest BCUT2D eigenvalue weighted by atomic mass is 10.1. The van der Waals surface area contributed by atoms with Crippen LogP contribution in [-0.2, 0) is 9.53 Å². The van der Waals surface area contributed by atoms with Gasteiger partial charge in [-0.1, -0.05) is 25.4 Å². The SMILES string of the molecule is CC(C)CC(C)OC(C)C(=O)Nc1ccc(Cl)cc1N. The van der Waals surface area contributed by atoms with E-state index in [1.807, 2.05) is 6.92 Å². The molecule has 1 amide bonds. The average Bonchev–Trinajstić information content (AvgIpc) is 2.31.